The van der Waals surface area contributed by atoms with Gasteiger partial charge >= 0.3 is 0 Å². The number of nitrogens with one attached hydrogen (secondary N) is 2. The van der Waals surface area contributed by atoms with E-state index in [1.807, 2.05) is 31.2 Å². The average molecular weight is 232 g/mol. The molecule has 17 heavy (non-hydrogen) atoms. The minimum atomic E-state index is 0.00238. The van der Waals surface area contributed by atoms with Gasteiger partial charge in [-0.1, -0.05) is 18.9 Å². The third-order valence-corrected chi connectivity index (χ3v) is 3.19. The largest absolute Gasteiger partial charge is 0.382 e. The average Bonchev–Trinajstić information content (AvgIpc) is 2.82. The smallest absolute Gasteiger partial charge is 0.251 e. The number of carbonyl (C=O) groups is 1. The van der Waals surface area contributed by atoms with E-state index in [1.165, 1.54) is 25.7 Å². The molecule has 3 nitrogen and oxygen atoms in total. The second-order valence-corrected chi connectivity index (χ2v) is 4.57. The van der Waals surface area contributed by atoms with Gasteiger partial charge in [0, 0.05) is 23.8 Å². The molecule has 1 aliphatic carbocycles. The Morgan fingerprint density at radius 2 is 2.12 bits per heavy atom. The van der Waals surface area contributed by atoms with Crippen molar-refractivity contribution < 1.29 is 4.79 Å². The monoisotopic (exact) mass is 232 g/mol. The van der Waals surface area contributed by atoms with E-state index in [4.69, 9.17) is 0 Å². The topological polar surface area (TPSA) is 41.1 Å². The van der Waals surface area contributed by atoms with E-state index in [0.717, 1.165) is 11.3 Å². The maximum absolute atomic E-state index is 11.7. The van der Waals surface area contributed by atoms with Gasteiger partial charge in [0.2, 0.25) is 0 Å². The summed E-state index contributed by atoms with van der Waals surface area (Å²) in [7, 11) is 0. The third-order valence-electron chi connectivity index (χ3n) is 3.19. The molecule has 92 valence electrons. The summed E-state index contributed by atoms with van der Waals surface area (Å²) in [6.45, 7) is 2.59. The summed E-state index contributed by atoms with van der Waals surface area (Å²) in [5, 5.41) is 6.31. The van der Waals surface area contributed by atoms with E-state index >= 15 is 0 Å². The predicted octanol–water partition coefficient (Wildman–Crippen LogP) is 2.79. The van der Waals surface area contributed by atoms with Crippen molar-refractivity contribution in [1.82, 2.24) is 5.32 Å². The number of hydrogen-bond donors (Lipinski definition) is 2. The Balaban J connectivity index is 2.02. The van der Waals surface area contributed by atoms with E-state index in [0.29, 0.717) is 12.6 Å². The second kappa shape index (κ2) is 5.71. The quantitative estimate of drug-likeness (QED) is 0.838. The van der Waals surface area contributed by atoms with Gasteiger partial charge in [0.05, 0.1) is 0 Å². The van der Waals surface area contributed by atoms with Crippen LogP contribution < -0.4 is 10.6 Å². The van der Waals surface area contributed by atoms with Crippen LogP contribution in [0.1, 0.15) is 43.0 Å². The minimum absolute atomic E-state index is 0.00238. The molecule has 1 aromatic carbocycles. The summed E-state index contributed by atoms with van der Waals surface area (Å²) in [6, 6.07) is 8.33. The standard InChI is InChI=1S/C14H20N2O/c1-2-15-14(17)11-6-5-9-13(10-11)16-12-7-3-4-8-12/h5-6,9-10,12,16H,2-4,7-8H2,1H3,(H,15,17). The molecule has 0 unspecified atom stereocenters. The summed E-state index contributed by atoms with van der Waals surface area (Å²) in [5.41, 5.74) is 1.79. The van der Waals surface area contributed by atoms with Gasteiger partial charge in [-0.3, -0.25) is 4.79 Å². The zero-order valence-electron chi connectivity index (χ0n) is 10.3. The first kappa shape index (κ1) is 12.0. The SMILES string of the molecule is CCNC(=O)c1cccc(NC2CCCC2)c1. The van der Waals surface area contributed by atoms with Crippen molar-refractivity contribution in [3.8, 4) is 0 Å². The summed E-state index contributed by atoms with van der Waals surface area (Å²) in [4.78, 5) is 11.7. The zero-order chi connectivity index (χ0) is 12.1. The Labute approximate surface area is 103 Å². The minimum Gasteiger partial charge on any atom is -0.382 e. The molecular weight excluding hydrogens is 212 g/mol. The van der Waals surface area contributed by atoms with Crippen molar-refractivity contribution in [2.75, 3.05) is 11.9 Å². The molecule has 0 atom stereocenters. The van der Waals surface area contributed by atoms with Gasteiger partial charge in [0.1, 0.15) is 0 Å². The normalized spacial score (nSPS) is 15.8. The van der Waals surface area contributed by atoms with Crippen LogP contribution in [0.25, 0.3) is 0 Å². The van der Waals surface area contributed by atoms with Crippen LogP contribution >= 0.6 is 0 Å². The summed E-state index contributed by atoms with van der Waals surface area (Å²) >= 11 is 0. The number of hydrogen-bond acceptors (Lipinski definition) is 2. The summed E-state index contributed by atoms with van der Waals surface area (Å²) in [6.07, 6.45) is 5.11. The maximum atomic E-state index is 11.7. The van der Waals surface area contributed by atoms with Gasteiger partial charge in [0.15, 0.2) is 0 Å². The first-order chi connectivity index (χ1) is 8.29. The van der Waals surface area contributed by atoms with Crippen molar-refractivity contribution in [1.29, 1.82) is 0 Å². The lowest BCUT2D eigenvalue weighted by Gasteiger charge is -2.14. The highest BCUT2D eigenvalue weighted by Gasteiger charge is 2.14. The number of carbonyl (C=O) groups excluding carboxylic acids is 1. The Morgan fingerprint density at radius 1 is 1.35 bits per heavy atom. The third kappa shape index (κ3) is 3.22. The lowest BCUT2D eigenvalue weighted by molar-refractivity contribution is 0.0956. The van der Waals surface area contributed by atoms with E-state index in [-0.39, 0.29) is 5.91 Å². The van der Waals surface area contributed by atoms with Crippen molar-refractivity contribution in [3.63, 3.8) is 0 Å². The molecule has 1 saturated carbocycles. The van der Waals surface area contributed by atoms with Crippen LogP contribution in [0, 0.1) is 0 Å². The Kier molecular flexibility index (Phi) is 4.02. The molecular formula is C14H20N2O. The van der Waals surface area contributed by atoms with Crippen LogP contribution in [0.4, 0.5) is 5.69 Å². The highest BCUT2D eigenvalue weighted by atomic mass is 16.1. The van der Waals surface area contributed by atoms with Gasteiger partial charge < -0.3 is 10.6 Å². The van der Waals surface area contributed by atoms with Gasteiger partial charge in [-0.2, -0.15) is 0 Å². The highest BCUT2D eigenvalue weighted by molar-refractivity contribution is 5.95. The van der Waals surface area contributed by atoms with Crippen molar-refractivity contribution in [2.45, 2.75) is 38.6 Å². The van der Waals surface area contributed by atoms with E-state index in [1.54, 1.807) is 0 Å². The molecule has 1 fully saturated rings. The first-order valence-electron chi connectivity index (χ1n) is 6.44. The summed E-state index contributed by atoms with van der Waals surface area (Å²) < 4.78 is 0. The number of benzene rings is 1. The molecule has 0 radical (unpaired) electrons. The van der Waals surface area contributed by atoms with Crippen molar-refractivity contribution >= 4 is 11.6 Å². The fraction of sp³-hybridized carbons (Fsp3) is 0.500. The molecule has 1 aromatic rings. The number of anilines is 1. The Morgan fingerprint density at radius 3 is 2.82 bits per heavy atom. The fourth-order valence-corrected chi connectivity index (χ4v) is 2.32. The molecule has 0 saturated heterocycles. The van der Waals surface area contributed by atoms with E-state index in [9.17, 15) is 4.79 Å². The fourth-order valence-electron chi connectivity index (χ4n) is 2.32. The van der Waals surface area contributed by atoms with Crippen LogP contribution in [-0.2, 0) is 0 Å². The molecule has 0 aromatic heterocycles. The van der Waals surface area contributed by atoms with Gasteiger partial charge in [-0.05, 0) is 38.0 Å². The van der Waals surface area contributed by atoms with Crippen LogP contribution in [-0.4, -0.2) is 18.5 Å². The van der Waals surface area contributed by atoms with Crippen molar-refractivity contribution in [3.05, 3.63) is 29.8 Å². The van der Waals surface area contributed by atoms with E-state index < -0.39 is 0 Å². The molecule has 2 rings (SSSR count). The predicted molar refractivity (Wildman–Crippen MR) is 70.3 cm³/mol. The van der Waals surface area contributed by atoms with Crippen LogP contribution in [0.5, 0.6) is 0 Å². The highest BCUT2D eigenvalue weighted by Crippen LogP contribution is 2.22. The lowest BCUT2D eigenvalue weighted by Crippen LogP contribution is -2.23. The molecule has 1 aliphatic rings. The van der Waals surface area contributed by atoms with Crippen LogP contribution in [0.2, 0.25) is 0 Å². The zero-order valence-corrected chi connectivity index (χ0v) is 10.3. The van der Waals surface area contributed by atoms with Crippen molar-refractivity contribution in [2.24, 2.45) is 0 Å². The number of amides is 1. The van der Waals surface area contributed by atoms with Gasteiger partial charge in [-0.15, -0.1) is 0 Å². The maximum Gasteiger partial charge on any atom is 0.251 e. The van der Waals surface area contributed by atoms with Crippen LogP contribution in [0.15, 0.2) is 24.3 Å². The summed E-state index contributed by atoms with van der Waals surface area (Å²) in [5.74, 6) is 0.00238. The van der Waals surface area contributed by atoms with Crippen LogP contribution in [0.3, 0.4) is 0 Å². The molecule has 0 heterocycles. The van der Waals surface area contributed by atoms with Gasteiger partial charge in [0.25, 0.3) is 5.91 Å². The second-order valence-electron chi connectivity index (χ2n) is 4.57. The molecule has 2 N–H and O–H groups in total. The lowest BCUT2D eigenvalue weighted by atomic mass is 10.1. The van der Waals surface area contributed by atoms with Gasteiger partial charge in [-0.25, -0.2) is 0 Å². The molecule has 0 spiro atoms. The molecule has 1 amide bonds. The Bertz CT molecular complexity index is 384. The van der Waals surface area contributed by atoms with E-state index in [2.05, 4.69) is 10.6 Å². The Hall–Kier alpha value is -1.51. The first-order valence-corrected chi connectivity index (χ1v) is 6.44. The molecule has 0 bridgehead atoms. The molecule has 0 aliphatic heterocycles. The number of rotatable bonds is 4. The molecule has 3 heteroatoms.